The van der Waals surface area contributed by atoms with Crippen LogP contribution in [0, 0.1) is 17.0 Å². The zero-order valence-electron chi connectivity index (χ0n) is 11.4. The quantitative estimate of drug-likeness (QED) is 0.676. The molecule has 5 nitrogen and oxygen atoms in total. The third-order valence-corrected chi connectivity index (χ3v) is 3.44. The predicted molar refractivity (Wildman–Crippen MR) is 79.5 cm³/mol. The Labute approximate surface area is 126 Å². The van der Waals surface area contributed by atoms with Crippen molar-refractivity contribution < 1.29 is 14.8 Å². The van der Waals surface area contributed by atoms with E-state index in [9.17, 15) is 15.2 Å². The fourth-order valence-electron chi connectivity index (χ4n) is 1.96. The van der Waals surface area contributed by atoms with Gasteiger partial charge in [-0.1, -0.05) is 29.8 Å². The molecule has 0 spiro atoms. The summed E-state index contributed by atoms with van der Waals surface area (Å²) in [5.41, 5.74) is 2.18. The fourth-order valence-corrected chi connectivity index (χ4v) is 2.19. The van der Waals surface area contributed by atoms with Crippen molar-refractivity contribution in [1.29, 1.82) is 0 Å². The zero-order valence-corrected chi connectivity index (χ0v) is 12.1. The highest BCUT2D eigenvalue weighted by molar-refractivity contribution is 6.31. The molecule has 0 aromatic heterocycles. The van der Waals surface area contributed by atoms with Crippen LogP contribution in [0.5, 0.6) is 5.75 Å². The summed E-state index contributed by atoms with van der Waals surface area (Å²) < 4.78 is 5.71. The maximum absolute atomic E-state index is 10.7. The molecule has 6 heteroatoms. The van der Waals surface area contributed by atoms with E-state index < -0.39 is 4.92 Å². The highest BCUT2D eigenvalue weighted by Gasteiger charge is 2.11. The lowest BCUT2D eigenvalue weighted by molar-refractivity contribution is -0.384. The van der Waals surface area contributed by atoms with Crippen LogP contribution in [0.2, 0.25) is 5.02 Å². The van der Waals surface area contributed by atoms with Crippen LogP contribution in [0.1, 0.15) is 16.7 Å². The first-order valence-corrected chi connectivity index (χ1v) is 6.65. The number of non-ortho nitro benzene ring substituents is 1. The monoisotopic (exact) mass is 307 g/mol. The third-order valence-electron chi connectivity index (χ3n) is 3.08. The van der Waals surface area contributed by atoms with Gasteiger partial charge >= 0.3 is 0 Å². The molecule has 0 amide bonds. The predicted octanol–water partition coefficient (Wildman–Crippen LogP) is 3.63. The SMILES string of the molecule is Cc1cccc(CO)c1OCc1ccc([N+](=O)[O-])cc1Cl. The molecule has 0 heterocycles. The van der Waals surface area contributed by atoms with E-state index in [2.05, 4.69) is 0 Å². The average molecular weight is 308 g/mol. The molecule has 0 aliphatic heterocycles. The maximum atomic E-state index is 10.7. The summed E-state index contributed by atoms with van der Waals surface area (Å²) in [6.45, 7) is 1.94. The molecule has 21 heavy (non-hydrogen) atoms. The molecule has 0 aliphatic carbocycles. The Kier molecular flexibility index (Phi) is 4.77. The van der Waals surface area contributed by atoms with E-state index in [1.54, 1.807) is 12.1 Å². The van der Waals surface area contributed by atoms with Crippen molar-refractivity contribution in [2.75, 3.05) is 0 Å². The van der Waals surface area contributed by atoms with Gasteiger partial charge in [0.05, 0.1) is 16.6 Å². The number of nitrogens with zero attached hydrogens (tertiary/aromatic N) is 1. The van der Waals surface area contributed by atoms with Gasteiger partial charge in [-0.25, -0.2) is 0 Å². The van der Waals surface area contributed by atoms with Gasteiger partial charge in [0.25, 0.3) is 5.69 Å². The van der Waals surface area contributed by atoms with Gasteiger partial charge in [0.2, 0.25) is 0 Å². The summed E-state index contributed by atoms with van der Waals surface area (Å²) in [6.07, 6.45) is 0. The van der Waals surface area contributed by atoms with E-state index >= 15 is 0 Å². The van der Waals surface area contributed by atoms with E-state index in [-0.39, 0.29) is 23.9 Å². The minimum atomic E-state index is -0.498. The summed E-state index contributed by atoms with van der Waals surface area (Å²) >= 11 is 6.02. The smallest absolute Gasteiger partial charge is 0.270 e. The highest BCUT2D eigenvalue weighted by atomic mass is 35.5. The number of hydrogen-bond acceptors (Lipinski definition) is 4. The van der Waals surface area contributed by atoms with Crippen molar-refractivity contribution in [3.63, 3.8) is 0 Å². The standard InChI is InChI=1S/C15H14ClNO4/c1-10-3-2-4-11(8-18)15(10)21-9-12-5-6-13(17(19)20)7-14(12)16/h2-7,18H,8-9H2,1H3. The van der Waals surface area contributed by atoms with Gasteiger partial charge in [0, 0.05) is 23.3 Å². The Hall–Kier alpha value is -2.11. The number of rotatable bonds is 5. The lowest BCUT2D eigenvalue weighted by atomic mass is 10.1. The van der Waals surface area contributed by atoms with Crippen molar-refractivity contribution >= 4 is 17.3 Å². The molecular formula is C15H14ClNO4. The fraction of sp³-hybridized carbons (Fsp3) is 0.200. The number of aliphatic hydroxyl groups is 1. The molecule has 0 bridgehead atoms. The van der Waals surface area contributed by atoms with Crippen molar-refractivity contribution in [1.82, 2.24) is 0 Å². The molecule has 2 aromatic carbocycles. The van der Waals surface area contributed by atoms with E-state index in [1.807, 2.05) is 19.1 Å². The Morgan fingerprint density at radius 3 is 2.67 bits per heavy atom. The number of benzene rings is 2. The second-order valence-electron chi connectivity index (χ2n) is 4.54. The van der Waals surface area contributed by atoms with Crippen LogP contribution in [0.25, 0.3) is 0 Å². The van der Waals surface area contributed by atoms with Gasteiger partial charge in [-0.05, 0) is 18.6 Å². The number of nitro groups is 1. The molecule has 0 unspecified atom stereocenters. The Morgan fingerprint density at radius 1 is 1.29 bits per heavy atom. The Balaban J connectivity index is 2.19. The van der Waals surface area contributed by atoms with E-state index in [0.29, 0.717) is 16.9 Å². The third kappa shape index (κ3) is 3.51. The molecule has 2 rings (SSSR count). The van der Waals surface area contributed by atoms with Gasteiger partial charge in [-0.3, -0.25) is 10.1 Å². The van der Waals surface area contributed by atoms with Crippen molar-refractivity contribution in [2.24, 2.45) is 0 Å². The van der Waals surface area contributed by atoms with Crippen molar-refractivity contribution in [3.05, 3.63) is 68.2 Å². The Morgan fingerprint density at radius 2 is 2.05 bits per heavy atom. The van der Waals surface area contributed by atoms with Crippen LogP contribution >= 0.6 is 11.6 Å². The number of ether oxygens (including phenoxy) is 1. The van der Waals surface area contributed by atoms with Crippen LogP contribution in [0.4, 0.5) is 5.69 Å². The molecule has 110 valence electrons. The van der Waals surface area contributed by atoms with Gasteiger partial charge in [-0.15, -0.1) is 0 Å². The minimum Gasteiger partial charge on any atom is -0.488 e. The Bertz CT molecular complexity index is 673. The lowest BCUT2D eigenvalue weighted by Crippen LogP contribution is -2.01. The molecule has 0 fully saturated rings. The molecule has 2 aromatic rings. The summed E-state index contributed by atoms with van der Waals surface area (Å²) in [6, 6.07) is 9.75. The van der Waals surface area contributed by atoms with Gasteiger partial charge < -0.3 is 9.84 Å². The van der Waals surface area contributed by atoms with E-state index in [4.69, 9.17) is 16.3 Å². The molecular weight excluding hydrogens is 294 g/mol. The number of nitro benzene ring substituents is 1. The lowest BCUT2D eigenvalue weighted by Gasteiger charge is -2.13. The molecule has 0 aliphatic rings. The normalized spacial score (nSPS) is 10.4. The second kappa shape index (κ2) is 6.56. The van der Waals surface area contributed by atoms with Gasteiger partial charge in [0.15, 0.2) is 0 Å². The van der Waals surface area contributed by atoms with Crippen LogP contribution in [-0.2, 0) is 13.2 Å². The first-order valence-electron chi connectivity index (χ1n) is 6.28. The summed E-state index contributed by atoms with van der Waals surface area (Å²) in [5, 5.41) is 20.3. The van der Waals surface area contributed by atoms with E-state index in [1.165, 1.54) is 12.1 Å². The summed E-state index contributed by atoms with van der Waals surface area (Å²) in [4.78, 5) is 10.2. The van der Waals surface area contributed by atoms with Crippen LogP contribution in [-0.4, -0.2) is 10.0 Å². The summed E-state index contributed by atoms with van der Waals surface area (Å²) in [5.74, 6) is 0.606. The topological polar surface area (TPSA) is 72.6 Å². The van der Waals surface area contributed by atoms with Crippen LogP contribution < -0.4 is 4.74 Å². The van der Waals surface area contributed by atoms with E-state index in [0.717, 1.165) is 5.56 Å². The van der Waals surface area contributed by atoms with Crippen LogP contribution in [0.15, 0.2) is 36.4 Å². The minimum absolute atomic E-state index is 0.0595. The number of aliphatic hydroxyl groups excluding tert-OH is 1. The highest BCUT2D eigenvalue weighted by Crippen LogP contribution is 2.27. The molecule has 0 atom stereocenters. The van der Waals surface area contributed by atoms with Gasteiger partial charge in [0.1, 0.15) is 12.4 Å². The number of aryl methyl sites for hydroxylation is 1. The number of halogens is 1. The largest absolute Gasteiger partial charge is 0.488 e. The number of para-hydroxylation sites is 1. The molecule has 1 N–H and O–H groups in total. The first-order chi connectivity index (χ1) is 10.0. The summed E-state index contributed by atoms with van der Waals surface area (Å²) in [7, 11) is 0. The molecule has 0 radical (unpaired) electrons. The van der Waals surface area contributed by atoms with Crippen molar-refractivity contribution in [3.8, 4) is 5.75 Å². The van der Waals surface area contributed by atoms with Gasteiger partial charge in [-0.2, -0.15) is 0 Å². The number of hydrogen-bond donors (Lipinski definition) is 1. The maximum Gasteiger partial charge on any atom is 0.270 e. The van der Waals surface area contributed by atoms with Crippen LogP contribution in [0.3, 0.4) is 0 Å². The molecule has 0 saturated heterocycles. The first kappa shape index (κ1) is 15.3. The average Bonchev–Trinajstić information content (AvgIpc) is 2.46. The van der Waals surface area contributed by atoms with Crippen molar-refractivity contribution in [2.45, 2.75) is 20.1 Å². The second-order valence-corrected chi connectivity index (χ2v) is 4.95. The molecule has 0 saturated carbocycles. The zero-order chi connectivity index (χ0) is 15.4.